The first-order valence-corrected chi connectivity index (χ1v) is 9.23. The Balaban J connectivity index is 2.06. The Morgan fingerprint density at radius 3 is 2.61 bits per heavy atom. The van der Waals surface area contributed by atoms with E-state index in [1.807, 2.05) is 20.8 Å². The number of aromatic nitrogens is 1. The third-order valence-electron chi connectivity index (χ3n) is 4.70. The highest BCUT2D eigenvalue weighted by Crippen LogP contribution is 2.45. The monoisotopic (exact) mass is 390 g/mol. The fraction of sp³-hybridized carbons (Fsp3) is 0.429. The lowest BCUT2D eigenvalue weighted by Crippen LogP contribution is -2.41. The van der Waals surface area contributed by atoms with Crippen molar-refractivity contribution in [1.29, 1.82) is 0 Å². The van der Waals surface area contributed by atoms with Crippen LogP contribution in [0.25, 0.3) is 0 Å². The predicted molar refractivity (Wildman–Crippen MR) is 99.6 cm³/mol. The number of alkyl carbamates (subject to hydrolysis) is 1. The highest BCUT2D eigenvalue weighted by atomic mass is 19.2. The van der Waals surface area contributed by atoms with Crippen LogP contribution in [0.3, 0.4) is 0 Å². The number of carbonyl (C=O) groups excluding carboxylic acids is 1. The van der Waals surface area contributed by atoms with Crippen molar-refractivity contribution in [2.24, 2.45) is 0 Å². The smallest absolute Gasteiger partial charge is 0.408 e. The molecule has 1 aromatic heterocycles. The third-order valence-corrected chi connectivity index (χ3v) is 4.70. The molecule has 2 aromatic rings. The summed E-state index contributed by atoms with van der Waals surface area (Å²) in [5.74, 6) is -2.60. The van der Waals surface area contributed by atoms with Gasteiger partial charge in [0.05, 0.1) is 11.8 Å². The van der Waals surface area contributed by atoms with Gasteiger partial charge in [0.1, 0.15) is 6.10 Å². The topological polar surface area (TPSA) is 71.5 Å². The number of pyridine rings is 1. The van der Waals surface area contributed by atoms with Crippen molar-refractivity contribution in [3.63, 3.8) is 0 Å². The number of amides is 1. The Bertz CT molecular complexity index is 867. The number of hydrogen-bond acceptors (Lipinski definition) is 4. The number of hydrogen-bond donors (Lipinski definition) is 2. The molecule has 150 valence electrons. The van der Waals surface area contributed by atoms with E-state index < -0.39 is 41.4 Å². The quantitative estimate of drug-likeness (QED) is 0.739. The summed E-state index contributed by atoms with van der Waals surface area (Å²) < 4.78 is 34.1. The Morgan fingerprint density at radius 1 is 1.18 bits per heavy atom. The average Bonchev–Trinajstić information content (AvgIpc) is 2.74. The molecule has 28 heavy (non-hydrogen) atoms. The zero-order valence-corrected chi connectivity index (χ0v) is 16.1. The van der Waals surface area contributed by atoms with Crippen LogP contribution >= 0.6 is 0 Å². The Labute approximate surface area is 162 Å². The highest BCUT2D eigenvalue weighted by molar-refractivity contribution is 5.68. The molecule has 3 atom stereocenters. The number of rotatable bonds is 2. The number of nitrogens with zero attached hydrogens (tertiary/aromatic N) is 1. The van der Waals surface area contributed by atoms with Gasteiger partial charge in [-0.1, -0.05) is 18.2 Å². The maximum atomic E-state index is 14.6. The van der Waals surface area contributed by atoms with E-state index in [1.165, 1.54) is 18.3 Å². The van der Waals surface area contributed by atoms with Gasteiger partial charge in [0.15, 0.2) is 11.6 Å². The van der Waals surface area contributed by atoms with Crippen LogP contribution < -0.4 is 5.32 Å². The van der Waals surface area contributed by atoms with Crippen molar-refractivity contribution in [3.05, 3.63) is 65.0 Å². The lowest BCUT2D eigenvalue weighted by molar-refractivity contribution is 0.0729. The minimum atomic E-state index is -0.973. The van der Waals surface area contributed by atoms with E-state index in [-0.39, 0.29) is 12.0 Å². The Hall–Kier alpha value is -2.54. The van der Waals surface area contributed by atoms with Crippen molar-refractivity contribution in [2.45, 2.75) is 57.3 Å². The molecular formula is C21H24F2N2O3. The summed E-state index contributed by atoms with van der Waals surface area (Å²) in [5.41, 5.74) is 0.455. The number of ether oxygens (including phenoxy) is 1. The Kier molecular flexibility index (Phi) is 5.65. The summed E-state index contributed by atoms with van der Waals surface area (Å²) in [7, 11) is 0. The van der Waals surface area contributed by atoms with Crippen molar-refractivity contribution in [1.82, 2.24) is 10.3 Å². The van der Waals surface area contributed by atoms with Crippen LogP contribution in [-0.4, -0.2) is 21.7 Å². The van der Waals surface area contributed by atoms with Crippen LogP contribution in [-0.2, 0) is 4.74 Å². The molecule has 2 N–H and O–H groups in total. The summed E-state index contributed by atoms with van der Waals surface area (Å²) in [4.78, 5) is 16.7. The van der Waals surface area contributed by atoms with Crippen LogP contribution in [0, 0.1) is 11.6 Å². The van der Waals surface area contributed by atoms with Gasteiger partial charge >= 0.3 is 6.09 Å². The second-order valence-corrected chi connectivity index (χ2v) is 8.02. The molecule has 1 aromatic carbocycles. The summed E-state index contributed by atoms with van der Waals surface area (Å²) in [5, 5.41) is 13.2. The van der Waals surface area contributed by atoms with E-state index in [0.717, 1.165) is 6.07 Å². The molecule has 1 aliphatic rings. The van der Waals surface area contributed by atoms with Gasteiger partial charge in [-0.2, -0.15) is 0 Å². The lowest BCUT2D eigenvalue weighted by Gasteiger charge is -2.29. The number of aliphatic hydroxyl groups is 1. The molecule has 0 saturated carbocycles. The first-order chi connectivity index (χ1) is 13.2. The lowest BCUT2D eigenvalue weighted by atomic mass is 9.87. The predicted octanol–water partition coefficient (Wildman–Crippen LogP) is 4.54. The van der Waals surface area contributed by atoms with E-state index in [1.54, 1.807) is 12.1 Å². The number of nitrogens with one attached hydrogen (secondary N) is 1. The zero-order chi connectivity index (χ0) is 20.5. The number of fused-ring (bicyclic) bond motifs is 1. The van der Waals surface area contributed by atoms with Crippen molar-refractivity contribution in [3.8, 4) is 0 Å². The summed E-state index contributed by atoms with van der Waals surface area (Å²) >= 11 is 0. The van der Waals surface area contributed by atoms with Crippen molar-refractivity contribution in [2.75, 3.05) is 0 Å². The van der Waals surface area contributed by atoms with Gasteiger partial charge < -0.3 is 15.2 Å². The molecule has 0 fully saturated rings. The fourth-order valence-corrected chi connectivity index (χ4v) is 3.51. The minimum Gasteiger partial charge on any atom is -0.441 e. The molecule has 0 saturated heterocycles. The molecule has 1 heterocycles. The molecule has 0 aliphatic heterocycles. The SMILES string of the molecule is CC(C)(C)NC(=O)O[C@@H]1c2cccnc2[C@H](O)CC[C@H]1c1cccc(F)c1F. The van der Waals surface area contributed by atoms with Gasteiger partial charge in [0, 0.05) is 23.2 Å². The first-order valence-electron chi connectivity index (χ1n) is 9.23. The van der Waals surface area contributed by atoms with E-state index >= 15 is 0 Å². The van der Waals surface area contributed by atoms with Gasteiger partial charge in [-0.3, -0.25) is 4.98 Å². The zero-order valence-electron chi connectivity index (χ0n) is 16.1. The van der Waals surface area contributed by atoms with Crippen LogP contribution in [0.1, 0.15) is 68.6 Å². The van der Waals surface area contributed by atoms with Crippen molar-refractivity contribution < 1.29 is 23.4 Å². The maximum Gasteiger partial charge on any atom is 0.408 e. The summed E-state index contributed by atoms with van der Waals surface area (Å²) in [6.07, 6.45) is -0.353. The highest BCUT2D eigenvalue weighted by Gasteiger charge is 2.37. The van der Waals surface area contributed by atoms with Crippen molar-refractivity contribution >= 4 is 6.09 Å². The van der Waals surface area contributed by atoms with Gasteiger partial charge in [-0.05, 0) is 51.3 Å². The molecule has 1 aliphatic carbocycles. The van der Waals surface area contributed by atoms with E-state index in [9.17, 15) is 18.7 Å². The van der Waals surface area contributed by atoms with Crippen LogP contribution in [0.4, 0.5) is 13.6 Å². The molecule has 1 amide bonds. The van der Waals surface area contributed by atoms with E-state index in [2.05, 4.69) is 10.3 Å². The van der Waals surface area contributed by atoms with Crippen LogP contribution in [0.2, 0.25) is 0 Å². The van der Waals surface area contributed by atoms with E-state index in [0.29, 0.717) is 17.7 Å². The number of halogens is 2. The largest absolute Gasteiger partial charge is 0.441 e. The molecule has 7 heteroatoms. The third kappa shape index (κ3) is 4.30. The number of carbonyl (C=O) groups is 1. The number of benzene rings is 1. The molecule has 0 spiro atoms. The molecule has 3 rings (SSSR count). The molecule has 5 nitrogen and oxygen atoms in total. The van der Waals surface area contributed by atoms with Crippen LogP contribution in [0.15, 0.2) is 36.5 Å². The van der Waals surface area contributed by atoms with Crippen LogP contribution in [0.5, 0.6) is 0 Å². The average molecular weight is 390 g/mol. The normalized spacial score (nSPS) is 22.1. The standard InChI is InChI=1S/C21H24F2N2O3/c1-21(2,3)25-20(27)28-19-13(12-6-4-8-15(22)17(12)23)9-10-16(26)18-14(19)7-5-11-24-18/h4-8,11,13,16,19,26H,9-10H2,1-3H3,(H,25,27)/t13-,16+,19-/m0/s1. The summed E-state index contributed by atoms with van der Waals surface area (Å²) in [6, 6.07) is 7.30. The van der Waals surface area contributed by atoms with Gasteiger partial charge in [-0.15, -0.1) is 0 Å². The van der Waals surface area contributed by atoms with Gasteiger partial charge in [0.25, 0.3) is 0 Å². The molecular weight excluding hydrogens is 366 g/mol. The van der Waals surface area contributed by atoms with Gasteiger partial charge in [-0.25, -0.2) is 13.6 Å². The first kappa shape index (κ1) is 20.2. The second-order valence-electron chi connectivity index (χ2n) is 8.02. The maximum absolute atomic E-state index is 14.6. The molecule has 0 radical (unpaired) electrons. The fourth-order valence-electron chi connectivity index (χ4n) is 3.51. The minimum absolute atomic E-state index is 0.109. The Morgan fingerprint density at radius 2 is 1.89 bits per heavy atom. The molecule has 0 bridgehead atoms. The molecule has 0 unspecified atom stereocenters. The summed E-state index contributed by atoms with van der Waals surface area (Å²) in [6.45, 7) is 5.43. The van der Waals surface area contributed by atoms with E-state index in [4.69, 9.17) is 4.74 Å². The number of aliphatic hydroxyl groups excluding tert-OH is 1. The second kappa shape index (κ2) is 7.83. The van der Waals surface area contributed by atoms with Gasteiger partial charge in [0.2, 0.25) is 0 Å².